The van der Waals surface area contributed by atoms with E-state index >= 15 is 0 Å². The second-order valence-corrected chi connectivity index (χ2v) is 7.66. The van der Waals surface area contributed by atoms with Crippen LogP contribution in [0, 0.1) is 12.7 Å². The summed E-state index contributed by atoms with van der Waals surface area (Å²) in [7, 11) is 0. The van der Waals surface area contributed by atoms with Crippen LogP contribution in [0.3, 0.4) is 0 Å². The predicted molar refractivity (Wildman–Crippen MR) is 106 cm³/mol. The summed E-state index contributed by atoms with van der Waals surface area (Å²) >= 11 is 0. The molecule has 0 bridgehead atoms. The normalized spacial score (nSPS) is 23.4. The Hall–Kier alpha value is -3.15. The molecule has 0 amide bonds. The van der Waals surface area contributed by atoms with E-state index in [-0.39, 0.29) is 12.2 Å². The van der Waals surface area contributed by atoms with Crippen molar-refractivity contribution in [1.29, 1.82) is 0 Å². The number of hydrogen-bond donors (Lipinski definition) is 2. The van der Waals surface area contributed by atoms with Gasteiger partial charge in [0.2, 0.25) is 5.82 Å². The minimum Gasteiger partial charge on any atom is -0.388 e. The average molecular weight is 431 g/mol. The molecule has 2 aromatic heterocycles. The molecule has 0 saturated carbocycles. The van der Waals surface area contributed by atoms with Crippen LogP contribution in [0.25, 0.3) is 0 Å². The lowest BCUT2D eigenvalue weighted by Crippen LogP contribution is -2.44. The zero-order valence-electron chi connectivity index (χ0n) is 16.9. The van der Waals surface area contributed by atoms with Gasteiger partial charge in [-0.05, 0) is 19.4 Å². The Bertz CT molecular complexity index is 1200. The van der Waals surface area contributed by atoms with Crippen molar-refractivity contribution in [2.45, 2.75) is 51.5 Å². The lowest BCUT2D eigenvalue weighted by Gasteiger charge is -2.18. The molecule has 0 radical (unpaired) electrons. The Labute approximate surface area is 175 Å². The van der Waals surface area contributed by atoms with Crippen molar-refractivity contribution in [2.24, 2.45) is 0 Å². The third-order valence-corrected chi connectivity index (χ3v) is 5.28. The molecular weight excluding hydrogens is 409 g/mol. The fourth-order valence-corrected chi connectivity index (χ4v) is 3.50. The molecule has 3 aromatic rings. The van der Waals surface area contributed by atoms with Gasteiger partial charge in [-0.25, -0.2) is 9.48 Å². The van der Waals surface area contributed by atoms with Gasteiger partial charge in [0.25, 0.3) is 5.56 Å². The Morgan fingerprint density at radius 2 is 1.81 bits per heavy atom. The smallest absolute Gasteiger partial charge is 0.333 e. The number of aromatic nitrogens is 5. The Kier molecular flexibility index (Phi) is 5.56. The Morgan fingerprint density at radius 1 is 1.10 bits per heavy atom. The minimum absolute atomic E-state index is 0.282. The summed E-state index contributed by atoms with van der Waals surface area (Å²) in [6.07, 6.45) is -2.55. The maximum Gasteiger partial charge on any atom is 0.333 e. The van der Waals surface area contributed by atoms with Gasteiger partial charge in [-0.1, -0.05) is 35.0 Å². The average Bonchev–Trinajstić information content (AvgIpc) is 3.29. The van der Waals surface area contributed by atoms with E-state index in [1.54, 1.807) is 10.9 Å². The highest BCUT2D eigenvalue weighted by Gasteiger charge is 2.42. The Balaban J connectivity index is 1.61. The predicted octanol–water partition coefficient (Wildman–Crippen LogP) is -0.215. The number of benzene rings is 1. The van der Waals surface area contributed by atoms with Gasteiger partial charge in [-0.2, -0.15) is 4.39 Å². The first-order chi connectivity index (χ1) is 14.7. The minimum atomic E-state index is -1.45. The molecular formula is C20H22FN5O5. The number of hydrogen-bond acceptors (Lipinski definition) is 7. The van der Waals surface area contributed by atoms with Crippen LogP contribution >= 0.6 is 0 Å². The second kappa shape index (κ2) is 8.17. The number of aliphatic hydroxyl groups is 2. The lowest BCUT2D eigenvalue weighted by molar-refractivity contribution is -0.0364. The van der Waals surface area contributed by atoms with Gasteiger partial charge in [0.1, 0.15) is 17.9 Å². The summed E-state index contributed by atoms with van der Waals surface area (Å²) in [4.78, 5) is 25.1. The highest BCUT2D eigenvalue weighted by Crippen LogP contribution is 2.27. The van der Waals surface area contributed by atoms with E-state index in [1.807, 2.05) is 31.2 Å². The molecule has 3 heterocycles. The van der Waals surface area contributed by atoms with Crippen molar-refractivity contribution < 1.29 is 19.3 Å². The summed E-state index contributed by atoms with van der Waals surface area (Å²) in [6.45, 7) is 3.62. The molecule has 1 saturated heterocycles. The van der Waals surface area contributed by atoms with Gasteiger partial charge in [0, 0.05) is 0 Å². The highest BCUT2D eigenvalue weighted by atomic mass is 19.1. The molecule has 4 rings (SSSR count). The monoisotopic (exact) mass is 431 g/mol. The van der Waals surface area contributed by atoms with Gasteiger partial charge >= 0.3 is 5.69 Å². The molecule has 2 N–H and O–H groups in total. The molecule has 0 aliphatic carbocycles. The topological polar surface area (TPSA) is 124 Å². The van der Waals surface area contributed by atoms with Crippen LogP contribution in [0.5, 0.6) is 0 Å². The molecule has 4 unspecified atom stereocenters. The summed E-state index contributed by atoms with van der Waals surface area (Å²) in [5.41, 5.74) is 0.375. The molecule has 11 heteroatoms. The molecule has 10 nitrogen and oxygen atoms in total. The molecule has 4 atom stereocenters. The van der Waals surface area contributed by atoms with Gasteiger partial charge in [-0.15, -0.1) is 5.10 Å². The zero-order chi connectivity index (χ0) is 22.3. The first-order valence-corrected chi connectivity index (χ1v) is 9.72. The molecule has 31 heavy (non-hydrogen) atoms. The van der Waals surface area contributed by atoms with E-state index < -0.39 is 41.6 Å². The fourth-order valence-electron chi connectivity index (χ4n) is 3.50. The summed E-state index contributed by atoms with van der Waals surface area (Å²) < 4.78 is 22.6. The zero-order valence-corrected chi connectivity index (χ0v) is 16.9. The number of ether oxygens (including phenoxy) is 1. The van der Waals surface area contributed by atoms with Gasteiger partial charge in [-0.3, -0.25) is 13.9 Å². The van der Waals surface area contributed by atoms with Crippen molar-refractivity contribution in [3.63, 3.8) is 0 Å². The SMILES string of the molecule is Cc1ccc(Cn2cc(Cn3c(=O)c(F)cn(C4OC(C)C(O)C4O)c3=O)nn2)cc1. The first-order valence-electron chi connectivity index (χ1n) is 9.72. The van der Waals surface area contributed by atoms with Crippen LogP contribution in [0.1, 0.15) is 30.0 Å². The largest absolute Gasteiger partial charge is 0.388 e. The van der Waals surface area contributed by atoms with Crippen LogP contribution in [-0.4, -0.2) is 52.7 Å². The van der Waals surface area contributed by atoms with Gasteiger partial charge in [0.05, 0.1) is 31.6 Å². The Morgan fingerprint density at radius 3 is 2.45 bits per heavy atom. The van der Waals surface area contributed by atoms with Crippen LogP contribution in [-0.2, 0) is 17.8 Å². The van der Waals surface area contributed by atoms with E-state index in [0.29, 0.717) is 17.3 Å². The third-order valence-electron chi connectivity index (χ3n) is 5.28. The third kappa shape index (κ3) is 4.07. The summed E-state index contributed by atoms with van der Waals surface area (Å²) in [5.74, 6) is -1.20. The molecule has 0 spiro atoms. The van der Waals surface area contributed by atoms with Crippen LogP contribution in [0.4, 0.5) is 4.39 Å². The van der Waals surface area contributed by atoms with E-state index in [4.69, 9.17) is 4.74 Å². The number of rotatable bonds is 5. The number of nitrogens with zero attached hydrogens (tertiary/aromatic N) is 5. The van der Waals surface area contributed by atoms with Gasteiger partial charge in [0.15, 0.2) is 6.23 Å². The highest BCUT2D eigenvalue weighted by molar-refractivity contribution is 5.21. The van der Waals surface area contributed by atoms with E-state index in [9.17, 15) is 24.2 Å². The quantitative estimate of drug-likeness (QED) is 0.573. The first kappa shape index (κ1) is 21.1. The lowest BCUT2D eigenvalue weighted by atomic mass is 10.1. The van der Waals surface area contributed by atoms with Crippen molar-refractivity contribution in [2.75, 3.05) is 0 Å². The molecule has 164 valence electrons. The van der Waals surface area contributed by atoms with Gasteiger partial charge < -0.3 is 14.9 Å². The molecule has 1 aromatic carbocycles. The molecule has 1 fully saturated rings. The molecule has 1 aliphatic rings. The van der Waals surface area contributed by atoms with Crippen molar-refractivity contribution >= 4 is 0 Å². The van der Waals surface area contributed by atoms with Crippen molar-refractivity contribution in [1.82, 2.24) is 24.1 Å². The maximum absolute atomic E-state index is 14.3. The van der Waals surface area contributed by atoms with Crippen LogP contribution in [0.15, 0.2) is 46.2 Å². The standard InChI is InChI=1S/C20H22FN5O5/c1-11-3-5-13(6-4-11)7-24-8-14(22-23-24)9-25-18(29)15(21)10-26(20(25)30)19-17(28)16(27)12(2)31-19/h3-6,8,10,12,16-17,19,27-28H,7,9H2,1-2H3. The van der Waals surface area contributed by atoms with E-state index in [1.165, 1.54) is 6.92 Å². The summed E-state index contributed by atoms with van der Waals surface area (Å²) in [5, 5.41) is 28.0. The van der Waals surface area contributed by atoms with Crippen molar-refractivity contribution in [3.8, 4) is 0 Å². The van der Waals surface area contributed by atoms with E-state index in [2.05, 4.69) is 10.3 Å². The summed E-state index contributed by atoms with van der Waals surface area (Å²) in [6, 6.07) is 7.85. The van der Waals surface area contributed by atoms with Crippen molar-refractivity contribution in [3.05, 3.63) is 80.1 Å². The molecule has 1 aliphatic heterocycles. The maximum atomic E-state index is 14.3. The second-order valence-electron chi connectivity index (χ2n) is 7.66. The fraction of sp³-hybridized carbons (Fsp3) is 0.400. The van der Waals surface area contributed by atoms with E-state index in [0.717, 1.165) is 15.7 Å². The number of halogens is 1. The van der Waals surface area contributed by atoms with Crippen LogP contribution < -0.4 is 11.2 Å². The number of aliphatic hydroxyl groups excluding tert-OH is 2. The van der Waals surface area contributed by atoms with Crippen LogP contribution in [0.2, 0.25) is 0 Å². The number of aryl methyl sites for hydroxylation is 1.